The summed E-state index contributed by atoms with van der Waals surface area (Å²) < 4.78 is 56.2. The fourth-order valence-corrected chi connectivity index (χ4v) is 10.8. The van der Waals surface area contributed by atoms with Gasteiger partial charge in [-0.05, 0) is 137 Å². The minimum atomic E-state index is -0.588. The molecule has 4 aliphatic carbocycles. The lowest BCUT2D eigenvalue weighted by molar-refractivity contribution is -0.0553. The highest BCUT2D eigenvalue weighted by molar-refractivity contribution is 14.3. The molecule has 8 fully saturated rings. The summed E-state index contributed by atoms with van der Waals surface area (Å²) in [6, 6.07) is 0. The monoisotopic (exact) mass is 1200 g/mol. The Balaban J connectivity index is 0.000000213. The molecule has 347 valence electrons. The first kappa shape index (κ1) is 52.6. The molecule has 0 spiro atoms. The third-order valence-electron chi connectivity index (χ3n) is 15.1. The lowest BCUT2D eigenvalue weighted by Crippen LogP contribution is -2.39. The fraction of sp³-hybridized carbons (Fsp3) is 0.955. The van der Waals surface area contributed by atoms with Crippen LogP contribution in [0.2, 0.25) is 0 Å². The van der Waals surface area contributed by atoms with E-state index in [1.54, 1.807) is 22.4 Å². The highest BCUT2D eigenvalue weighted by Gasteiger charge is 2.43. The van der Waals surface area contributed by atoms with Crippen LogP contribution in [-0.4, -0.2) is 123 Å². The first-order chi connectivity index (χ1) is 29.4. The molecule has 0 amide bonds. The van der Waals surface area contributed by atoms with Gasteiger partial charge in [-0.1, -0.05) is 27.7 Å². The van der Waals surface area contributed by atoms with E-state index in [0.717, 1.165) is 63.9 Å². The second kappa shape index (κ2) is 26.8. The Morgan fingerprint density at radius 2 is 0.705 bits per heavy atom. The Hall–Kier alpha value is 0.620. The van der Waals surface area contributed by atoms with Gasteiger partial charge in [0.25, 0.3) is 2.99 Å². The van der Waals surface area contributed by atoms with Crippen LogP contribution in [0.5, 0.6) is 0 Å². The molecular weight excluding hydrogens is 1120 g/mol. The van der Waals surface area contributed by atoms with Crippen LogP contribution in [0.4, 0.5) is 9.59 Å². The number of cyclic esters (lactones) is 4. The van der Waals surface area contributed by atoms with Gasteiger partial charge >= 0.3 is 12.3 Å². The van der Waals surface area contributed by atoms with Crippen LogP contribution in [0.1, 0.15) is 130 Å². The number of epoxide rings is 2. The molecule has 4 saturated heterocycles. The van der Waals surface area contributed by atoms with Crippen molar-refractivity contribution in [2.24, 2.45) is 34.5 Å². The summed E-state index contributed by atoms with van der Waals surface area (Å²) in [5, 5.41) is 0. The Morgan fingerprint density at radius 3 is 0.902 bits per heavy atom. The summed E-state index contributed by atoms with van der Waals surface area (Å²) in [7, 11) is 0. The van der Waals surface area contributed by atoms with Crippen LogP contribution < -0.4 is 0 Å². The third kappa shape index (κ3) is 17.7. The molecule has 17 heteroatoms. The fourth-order valence-electron chi connectivity index (χ4n) is 10.8. The second-order valence-corrected chi connectivity index (χ2v) is 23.1. The number of carbonyl (C=O) groups excluding carboxylic acids is 2. The zero-order chi connectivity index (χ0) is 43.8. The van der Waals surface area contributed by atoms with Gasteiger partial charge in [0.1, 0.15) is 25.4 Å². The predicted molar refractivity (Wildman–Crippen MR) is 260 cm³/mol. The van der Waals surface area contributed by atoms with E-state index in [1.165, 1.54) is 77.0 Å². The maximum absolute atomic E-state index is 11.0. The molecule has 3 radical (unpaired) electrons. The zero-order valence-electron chi connectivity index (χ0n) is 37.1. The van der Waals surface area contributed by atoms with E-state index >= 15 is 0 Å². The van der Waals surface area contributed by atoms with Crippen molar-refractivity contribution in [2.75, 3.05) is 52.9 Å². The van der Waals surface area contributed by atoms with Gasteiger partial charge in [-0.15, -0.1) is 44.7 Å². The van der Waals surface area contributed by atoms with Crippen molar-refractivity contribution < 1.29 is 57.0 Å². The normalized spacial score (nSPS) is 35.9. The molecular formula is C44H72B2I3O12. The summed E-state index contributed by atoms with van der Waals surface area (Å²) >= 11 is 5.95. The predicted octanol–water partition coefficient (Wildman–Crippen LogP) is 10.1. The van der Waals surface area contributed by atoms with Crippen molar-refractivity contribution in [3.8, 4) is 0 Å². The first-order valence-electron chi connectivity index (χ1n) is 23.0. The van der Waals surface area contributed by atoms with Gasteiger partial charge in [-0.25, -0.2) is 9.59 Å². The quantitative estimate of drug-likeness (QED) is 0.0631. The van der Waals surface area contributed by atoms with Crippen molar-refractivity contribution in [3.63, 3.8) is 0 Å². The second-order valence-electron chi connectivity index (χ2n) is 19.5. The van der Waals surface area contributed by atoms with Crippen molar-refractivity contribution in [1.82, 2.24) is 0 Å². The summed E-state index contributed by atoms with van der Waals surface area (Å²) in [6.07, 6.45) is 19.8. The number of rotatable bonds is 16. The molecule has 4 saturated carbocycles. The Kier molecular flexibility index (Phi) is 23.1. The average Bonchev–Trinajstić information content (AvgIpc) is 4.21. The summed E-state index contributed by atoms with van der Waals surface area (Å²) in [5.74, 6) is 3.12. The number of carbonyl (C=O) groups is 2. The standard InChI is InChI=1S/C23H36O8.C21H36O4.BI2.BI/c1-23(2,15-3-7-17(8-4-15)26-11-19-13-28-21(24)30-19)16-5-9-18(10-6-16)27-12-20-14-29-22(25)31-20;1-21(2,15-3-7-17(8-4-15)22-11-19-13-24-19)16-5-9-18(10-6-16)23-12-20-14-25-20;2-1-3;1-2/h15-20H,3-14H2,1-2H3;15-20H,3-14H2,1-2H3;;. The molecule has 0 aromatic carbocycles. The van der Waals surface area contributed by atoms with Crippen LogP contribution in [0.15, 0.2) is 0 Å². The Labute approximate surface area is 408 Å². The molecule has 4 unspecified atom stereocenters. The lowest BCUT2D eigenvalue weighted by atomic mass is 9.60. The van der Waals surface area contributed by atoms with E-state index in [9.17, 15) is 9.59 Å². The number of hydrogen-bond acceptors (Lipinski definition) is 12. The lowest BCUT2D eigenvalue weighted by Gasteiger charge is -2.46. The summed E-state index contributed by atoms with van der Waals surface area (Å²) in [5.41, 5.74) is 5.23. The molecule has 4 heterocycles. The number of halogens is 3. The van der Waals surface area contributed by atoms with Gasteiger partial charge in [0.2, 0.25) is 0 Å². The van der Waals surface area contributed by atoms with E-state index in [1.807, 2.05) is 2.99 Å². The molecule has 4 aliphatic heterocycles. The van der Waals surface area contributed by atoms with Crippen molar-refractivity contribution in [2.45, 2.75) is 179 Å². The Morgan fingerprint density at radius 1 is 0.475 bits per heavy atom. The van der Waals surface area contributed by atoms with E-state index < -0.39 is 12.3 Å². The summed E-state index contributed by atoms with van der Waals surface area (Å²) in [6.45, 7) is 14.8. The maximum atomic E-state index is 11.0. The van der Waals surface area contributed by atoms with Crippen LogP contribution in [0.3, 0.4) is 0 Å². The molecule has 61 heavy (non-hydrogen) atoms. The van der Waals surface area contributed by atoms with Crippen LogP contribution in [-0.2, 0) is 47.4 Å². The minimum Gasteiger partial charge on any atom is -0.430 e. The van der Waals surface area contributed by atoms with Crippen molar-refractivity contribution in [3.05, 3.63) is 0 Å². The highest BCUT2D eigenvalue weighted by atomic mass is 127. The SMILES string of the molecule is CC(C)(C1CCC(OCC2CO2)CC1)C1CCC(OCC2CO2)CC1.CC(C)(C1CCC(OCC2COC(=O)O2)CC1)C1CCC(OCC2COC(=O)O2)CC1.I[B]I.[B]I. The van der Waals surface area contributed by atoms with E-state index in [0.29, 0.717) is 73.5 Å². The van der Waals surface area contributed by atoms with Crippen LogP contribution in [0.25, 0.3) is 0 Å². The molecule has 12 nitrogen and oxygen atoms in total. The number of hydrogen-bond donors (Lipinski definition) is 0. The van der Waals surface area contributed by atoms with Crippen LogP contribution in [0, 0.1) is 34.5 Å². The average molecular weight is 1200 g/mol. The van der Waals surface area contributed by atoms with Crippen molar-refractivity contribution in [1.29, 1.82) is 0 Å². The third-order valence-corrected chi connectivity index (χ3v) is 15.1. The number of ether oxygens (including phenoxy) is 10. The summed E-state index contributed by atoms with van der Waals surface area (Å²) in [4.78, 5) is 22.0. The molecule has 8 rings (SSSR count). The van der Waals surface area contributed by atoms with Gasteiger partial charge in [0.05, 0.1) is 64.1 Å². The maximum Gasteiger partial charge on any atom is 0.508 e. The largest absolute Gasteiger partial charge is 0.508 e. The topological polar surface area (TPSA) is 133 Å². The zero-order valence-corrected chi connectivity index (χ0v) is 43.6. The smallest absolute Gasteiger partial charge is 0.430 e. The van der Waals surface area contributed by atoms with E-state index in [2.05, 4.69) is 78.1 Å². The highest BCUT2D eigenvalue weighted by Crippen LogP contribution is 2.50. The molecule has 0 aromatic rings. The van der Waals surface area contributed by atoms with Crippen LogP contribution >= 0.6 is 67.1 Å². The van der Waals surface area contributed by atoms with Gasteiger partial charge in [-0.3, -0.25) is 0 Å². The van der Waals surface area contributed by atoms with Crippen molar-refractivity contribution >= 4 is 88.1 Å². The molecule has 4 atom stereocenters. The first-order valence-corrected chi connectivity index (χ1v) is 26.8. The van der Waals surface area contributed by atoms with Gasteiger partial charge in [-0.2, -0.15) is 22.4 Å². The van der Waals surface area contributed by atoms with E-state index in [4.69, 9.17) is 47.4 Å². The van der Waals surface area contributed by atoms with Gasteiger partial charge in [0.15, 0.2) is 17.9 Å². The van der Waals surface area contributed by atoms with E-state index in [-0.39, 0.29) is 24.4 Å². The molecule has 0 bridgehead atoms. The minimum absolute atomic E-state index is 0.254. The van der Waals surface area contributed by atoms with Gasteiger partial charge < -0.3 is 47.4 Å². The Bertz CT molecular complexity index is 1170. The molecule has 8 aliphatic rings. The molecule has 0 aromatic heterocycles. The van der Waals surface area contributed by atoms with Gasteiger partial charge in [0, 0.05) is 0 Å². The molecule has 0 N–H and O–H groups in total.